The van der Waals surface area contributed by atoms with E-state index in [1.165, 1.54) is 13.3 Å². The van der Waals surface area contributed by atoms with Gasteiger partial charge in [0.2, 0.25) is 5.88 Å². The third kappa shape index (κ3) is 3.28. The van der Waals surface area contributed by atoms with Crippen molar-refractivity contribution in [3.05, 3.63) is 17.8 Å². The zero-order valence-electron chi connectivity index (χ0n) is 7.84. The summed E-state index contributed by atoms with van der Waals surface area (Å²) in [7, 11) is 1.29. The molecule has 0 unspecified atom stereocenters. The van der Waals surface area contributed by atoms with E-state index in [9.17, 15) is 13.2 Å². The van der Waals surface area contributed by atoms with Crippen LogP contribution in [0.15, 0.2) is 12.3 Å². The Morgan fingerprint density at radius 2 is 2.13 bits per heavy atom. The Kier molecular flexibility index (Phi) is 3.35. The second-order valence-electron chi connectivity index (χ2n) is 2.59. The lowest BCUT2D eigenvalue weighted by Gasteiger charge is -2.12. The smallest absolute Gasteiger partial charge is 0.481 e. The number of ether oxygens (including phenoxy) is 2. The number of halogens is 3. The van der Waals surface area contributed by atoms with Crippen LogP contribution in [-0.2, 0) is 6.54 Å². The molecular weight excluding hydrogens is 213 g/mol. The highest BCUT2D eigenvalue weighted by Crippen LogP contribution is 2.28. The molecule has 0 fully saturated rings. The third-order valence-corrected chi connectivity index (χ3v) is 1.57. The summed E-state index contributed by atoms with van der Waals surface area (Å²) in [6, 6.07) is 1.04. The quantitative estimate of drug-likeness (QED) is 0.840. The van der Waals surface area contributed by atoms with Crippen molar-refractivity contribution in [2.75, 3.05) is 7.11 Å². The minimum atomic E-state index is -4.75. The second kappa shape index (κ2) is 4.35. The number of rotatable bonds is 3. The summed E-state index contributed by atoms with van der Waals surface area (Å²) in [6.07, 6.45) is -3.57. The van der Waals surface area contributed by atoms with Crippen molar-refractivity contribution in [1.82, 2.24) is 4.98 Å². The first-order valence-electron chi connectivity index (χ1n) is 3.95. The zero-order valence-corrected chi connectivity index (χ0v) is 7.84. The highest BCUT2D eigenvalue weighted by atomic mass is 19.4. The first kappa shape index (κ1) is 11.6. The average Bonchev–Trinajstić information content (AvgIpc) is 2.15. The van der Waals surface area contributed by atoms with Crippen LogP contribution in [-0.4, -0.2) is 18.5 Å². The summed E-state index contributed by atoms with van der Waals surface area (Å²) in [5.74, 6) is -0.358. The number of hydrogen-bond acceptors (Lipinski definition) is 4. The maximum atomic E-state index is 12.0. The van der Waals surface area contributed by atoms with Gasteiger partial charge in [-0.25, -0.2) is 4.98 Å². The van der Waals surface area contributed by atoms with Gasteiger partial charge in [-0.05, 0) is 0 Å². The Balaban J connectivity index is 3.01. The van der Waals surface area contributed by atoms with Gasteiger partial charge in [0, 0.05) is 24.4 Å². The van der Waals surface area contributed by atoms with Gasteiger partial charge in [-0.15, -0.1) is 13.2 Å². The van der Waals surface area contributed by atoms with Crippen LogP contribution in [0.25, 0.3) is 0 Å². The lowest BCUT2D eigenvalue weighted by atomic mass is 10.2. The van der Waals surface area contributed by atoms with Crippen molar-refractivity contribution < 1.29 is 22.6 Å². The van der Waals surface area contributed by atoms with Gasteiger partial charge in [0.1, 0.15) is 5.75 Å². The highest BCUT2D eigenvalue weighted by molar-refractivity contribution is 5.35. The van der Waals surface area contributed by atoms with Crippen LogP contribution in [0.4, 0.5) is 13.2 Å². The fourth-order valence-corrected chi connectivity index (χ4v) is 0.932. The number of alkyl halides is 3. The van der Waals surface area contributed by atoms with E-state index >= 15 is 0 Å². The van der Waals surface area contributed by atoms with Crippen molar-refractivity contribution in [3.63, 3.8) is 0 Å². The van der Waals surface area contributed by atoms with Gasteiger partial charge in [0.05, 0.1) is 7.11 Å². The van der Waals surface area contributed by atoms with Gasteiger partial charge in [0.15, 0.2) is 0 Å². The van der Waals surface area contributed by atoms with Crippen LogP contribution < -0.4 is 15.2 Å². The molecule has 0 bridgehead atoms. The molecule has 15 heavy (non-hydrogen) atoms. The molecule has 0 aliphatic carbocycles. The van der Waals surface area contributed by atoms with Crippen molar-refractivity contribution >= 4 is 0 Å². The molecular formula is C8H9F3N2O2. The van der Waals surface area contributed by atoms with E-state index in [1.54, 1.807) is 0 Å². The van der Waals surface area contributed by atoms with Crippen molar-refractivity contribution in [2.45, 2.75) is 12.9 Å². The summed E-state index contributed by atoms with van der Waals surface area (Å²) in [5, 5.41) is 0. The molecule has 0 amide bonds. The first-order valence-corrected chi connectivity index (χ1v) is 3.95. The standard InChI is InChI=1S/C8H9F3N2O2/c1-14-7-2-6(15-8(9,10)11)5(3-12)4-13-7/h2,4H,3,12H2,1H3. The fraction of sp³-hybridized carbons (Fsp3) is 0.375. The summed E-state index contributed by atoms with van der Waals surface area (Å²) in [6.45, 7) is -0.0948. The minimum Gasteiger partial charge on any atom is -0.481 e. The molecule has 1 aromatic heterocycles. The predicted octanol–water partition coefficient (Wildman–Crippen LogP) is 1.45. The van der Waals surface area contributed by atoms with Gasteiger partial charge < -0.3 is 15.2 Å². The highest BCUT2D eigenvalue weighted by Gasteiger charge is 2.32. The number of hydrogen-bond donors (Lipinski definition) is 1. The van der Waals surface area contributed by atoms with Crippen molar-refractivity contribution in [3.8, 4) is 11.6 Å². The van der Waals surface area contributed by atoms with E-state index in [-0.39, 0.29) is 18.0 Å². The number of nitrogens with two attached hydrogens (primary N) is 1. The van der Waals surface area contributed by atoms with E-state index in [4.69, 9.17) is 5.73 Å². The molecule has 0 saturated heterocycles. The van der Waals surface area contributed by atoms with Crippen LogP contribution in [0, 0.1) is 0 Å². The Morgan fingerprint density at radius 3 is 2.60 bits per heavy atom. The molecule has 0 aromatic carbocycles. The normalized spacial score (nSPS) is 11.3. The molecule has 1 aromatic rings. The van der Waals surface area contributed by atoms with E-state index in [1.807, 2.05) is 0 Å². The Hall–Kier alpha value is -1.50. The monoisotopic (exact) mass is 222 g/mol. The molecule has 0 spiro atoms. The van der Waals surface area contributed by atoms with Crippen LogP contribution in [0.2, 0.25) is 0 Å². The molecule has 0 aliphatic heterocycles. The summed E-state index contributed by atoms with van der Waals surface area (Å²) >= 11 is 0. The number of methoxy groups -OCH3 is 1. The van der Waals surface area contributed by atoms with Crippen LogP contribution in [0.3, 0.4) is 0 Å². The van der Waals surface area contributed by atoms with Crippen molar-refractivity contribution in [2.24, 2.45) is 5.73 Å². The van der Waals surface area contributed by atoms with Crippen molar-refractivity contribution in [1.29, 1.82) is 0 Å². The van der Waals surface area contributed by atoms with Gasteiger partial charge >= 0.3 is 6.36 Å². The Morgan fingerprint density at radius 1 is 1.47 bits per heavy atom. The topological polar surface area (TPSA) is 57.4 Å². The van der Waals surface area contributed by atoms with Gasteiger partial charge in [-0.1, -0.05) is 0 Å². The lowest BCUT2D eigenvalue weighted by molar-refractivity contribution is -0.274. The molecule has 0 saturated carbocycles. The maximum absolute atomic E-state index is 12.0. The SMILES string of the molecule is COc1cc(OC(F)(F)F)c(CN)cn1. The average molecular weight is 222 g/mol. The first-order chi connectivity index (χ1) is 6.96. The van der Waals surface area contributed by atoms with E-state index in [0.717, 1.165) is 6.07 Å². The van der Waals surface area contributed by atoms with Crippen LogP contribution in [0.1, 0.15) is 5.56 Å². The molecule has 84 valence electrons. The molecule has 0 radical (unpaired) electrons. The van der Waals surface area contributed by atoms with E-state index in [0.29, 0.717) is 0 Å². The van der Waals surface area contributed by atoms with E-state index in [2.05, 4.69) is 14.5 Å². The van der Waals surface area contributed by atoms with Crippen LogP contribution in [0.5, 0.6) is 11.6 Å². The predicted molar refractivity (Wildman–Crippen MR) is 45.4 cm³/mol. The molecule has 0 atom stereocenters. The lowest BCUT2D eigenvalue weighted by Crippen LogP contribution is -2.19. The Labute approximate surface area is 83.8 Å². The largest absolute Gasteiger partial charge is 0.573 e. The number of pyridine rings is 1. The third-order valence-electron chi connectivity index (χ3n) is 1.57. The molecule has 0 aliphatic rings. The maximum Gasteiger partial charge on any atom is 0.573 e. The second-order valence-corrected chi connectivity index (χ2v) is 2.59. The minimum absolute atomic E-state index is 0.0337. The van der Waals surface area contributed by atoms with Gasteiger partial charge in [0.25, 0.3) is 0 Å². The number of aromatic nitrogens is 1. The zero-order chi connectivity index (χ0) is 11.5. The van der Waals surface area contributed by atoms with Crippen LogP contribution >= 0.6 is 0 Å². The molecule has 4 nitrogen and oxygen atoms in total. The fourth-order valence-electron chi connectivity index (χ4n) is 0.932. The van der Waals surface area contributed by atoms with Gasteiger partial charge in [-0.2, -0.15) is 0 Å². The molecule has 2 N–H and O–H groups in total. The summed E-state index contributed by atoms with van der Waals surface area (Å²) in [5.41, 5.74) is 5.39. The van der Waals surface area contributed by atoms with E-state index < -0.39 is 12.1 Å². The summed E-state index contributed by atoms with van der Waals surface area (Å²) in [4.78, 5) is 3.71. The van der Waals surface area contributed by atoms with Gasteiger partial charge in [-0.3, -0.25) is 0 Å². The summed E-state index contributed by atoms with van der Waals surface area (Å²) < 4.78 is 44.3. The molecule has 1 rings (SSSR count). The number of nitrogens with zero attached hydrogens (tertiary/aromatic N) is 1. The molecule has 1 heterocycles. The molecule has 7 heteroatoms. The Bertz CT molecular complexity index is 341.